The molecule has 13 heteroatoms. The summed E-state index contributed by atoms with van der Waals surface area (Å²) in [6.45, 7) is 0. The normalized spacial score (nSPS) is 15.9. The van der Waals surface area contributed by atoms with Gasteiger partial charge in [0.2, 0.25) is 0 Å². The molecule has 0 fully saturated rings. The predicted molar refractivity (Wildman–Crippen MR) is 35.8 cm³/mol. The molecule has 0 saturated heterocycles. The minimum absolute atomic E-state index is 3.50. The number of alkyl halides is 9. The Labute approximate surface area is 92.8 Å². The summed E-state index contributed by atoms with van der Waals surface area (Å²) >= 11 is 0. The fourth-order valence-electron chi connectivity index (χ4n) is 0.715. The van der Waals surface area contributed by atoms with E-state index in [1.807, 2.05) is 0 Å². The van der Waals surface area contributed by atoms with Gasteiger partial charge in [0.25, 0.3) is 0 Å². The molecule has 0 aromatic carbocycles. The van der Waals surface area contributed by atoms with Gasteiger partial charge < -0.3 is 0 Å². The Morgan fingerprint density at radius 2 is 1.06 bits per heavy atom. The summed E-state index contributed by atoms with van der Waals surface area (Å²) in [7, 11) is -6.40. The lowest BCUT2D eigenvalue weighted by molar-refractivity contribution is -0.392. The van der Waals surface area contributed by atoms with Gasteiger partial charge in [-0.05, 0) is 0 Å². The molecular formula is C5H2F10O2S. The first-order valence-corrected chi connectivity index (χ1v) is 5.13. The predicted octanol–water partition coefficient (Wildman–Crippen LogP) is 2.75. The third-order valence-electron chi connectivity index (χ3n) is 1.56. The standard InChI is InChI=1S/C5H2F10O2S/c6-2(7,1-18(15,16)17)3(8,9)4(10,11)5(12,13)14/h1H2. The molecule has 0 aliphatic heterocycles. The van der Waals surface area contributed by atoms with Crippen LogP contribution in [0.1, 0.15) is 0 Å². The van der Waals surface area contributed by atoms with E-state index in [1.165, 1.54) is 0 Å². The van der Waals surface area contributed by atoms with Gasteiger partial charge in [-0.1, -0.05) is 0 Å². The van der Waals surface area contributed by atoms with E-state index in [-0.39, 0.29) is 0 Å². The molecule has 0 amide bonds. The third-order valence-corrected chi connectivity index (χ3v) is 2.27. The Kier molecular flexibility index (Phi) is 3.96. The fraction of sp³-hybridized carbons (Fsp3) is 1.00. The molecule has 0 atom stereocenters. The summed E-state index contributed by atoms with van der Waals surface area (Å²) in [5.74, 6) is -24.3. The van der Waals surface area contributed by atoms with Gasteiger partial charge in [0, 0.05) is 0 Å². The number of halogens is 10. The van der Waals surface area contributed by atoms with E-state index in [9.17, 15) is 51.8 Å². The molecule has 0 N–H and O–H groups in total. The van der Waals surface area contributed by atoms with Gasteiger partial charge in [-0.3, -0.25) is 0 Å². The highest BCUT2D eigenvalue weighted by atomic mass is 32.3. The maximum Gasteiger partial charge on any atom is 0.460 e. The van der Waals surface area contributed by atoms with Crippen molar-refractivity contribution in [2.45, 2.75) is 23.9 Å². The van der Waals surface area contributed by atoms with E-state index in [0.717, 1.165) is 0 Å². The maximum absolute atomic E-state index is 12.4. The first-order valence-electron chi connectivity index (χ1n) is 3.58. The second-order valence-corrected chi connectivity index (χ2v) is 4.40. The second-order valence-electron chi connectivity index (χ2n) is 3.03. The molecular weight excluding hydrogens is 314 g/mol. The van der Waals surface area contributed by atoms with Crippen LogP contribution < -0.4 is 0 Å². The average molecular weight is 316 g/mol. The summed E-state index contributed by atoms with van der Waals surface area (Å²) in [4.78, 5) is 0. The lowest BCUT2D eigenvalue weighted by Gasteiger charge is -2.32. The zero-order chi connectivity index (χ0) is 15.2. The first kappa shape index (κ1) is 17.2. The van der Waals surface area contributed by atoms with Crippen LogP contribution in [0, 0.1) is 0 Å². The summed E-state index contributed by atoms with van der Waals surface area (Å²) < 4.78 is 139. The smallest absolute Gasteiger partial charge is 0.198 e. The number of hydrogen-bond donors (Lipinski definition) is 0. The second kappa shape index (κ2) is 4.13. The molecule has 0 aromatic heterocycles. The Hall–Kier alpha value is -0.750. The lowest BCUT2D eigenvalue weighted by Crippen LogP contribution is -2.62. The Morgan fingerprint density at radius 3 is 1.28 bits per heavy atom. The third kappa shape index (κ3) is 2.98. The molecule has 0 aromatic rings. The van der Waals surface area contributed by atoms with Gasteiger partial charge in [-0.2, -0.15) is 47.9 Å². The van der Waals surface area contributed by atoms with Crippen LogP contribution in [0.4, 0.5) is 43.4 Å². The molecule has 0 rings (SSSR count). The van der Waals surface area contributed by atoms with E-state index in [1.54, 1.807) is 0 Å². The molecule has 0 saturated carbocycles. The van der Waals surface area contributed by atoms with Crippen molar-refractivity contribution in [2.75, 3.05) is 5.75 Å². The quantitative estimate of drug-likeness (QED) is 0.590. The van der Waals surface area contributed by atoms with Gasteiger partial charge in [-0.15, -0.1) is 3.89 Å². The van der Waals surface area contributed by atoms with Crippen molar-refractivity contribution in [1.29, 1.82) is 0 Å². The van der Waals surface area contributed by atoms with E-state index >= 15 is 0 Å². The van der Waals surface area contributed by atoms with E-state index in [4.69, 9.17) is 0 Å². The summed E-state index contributed by atoms with van der Waals surface area (Å²) in [5, 5.41) is 0. The van der Waals surface area contributed by atoms with Crippen LogP contribution in [0.15, 0.2) is 0 Å². The fourth-order valence-corrected chi connectivity index (χ4v) is 1.33. The van der Waals surface area contributed by atoms with E-state index in [2.05, 4.69) is 0 Å². The van der Waals surface area contributed by atoms with E-state index < -0.39 is 39.9 Å². The minimum atomic E-state index is -7.23. The number of rotatable bonds is 4. The van der Waals surface area contributed by atoms with Crippen LogP contribution in [0.3, 0.4) is 0 Å². The summed E-state index contributed by atoms with van der Waals surface area (Å²) in [6.07, 6.45) is -7.07. The Bertz CT molecular complexity index is 406. The zero-order valence-corrected chi connectivity index (χ0v) is 8.53. The SMILES string of the molecule is O=S(=O)(F)CC(F)(F)C(F)(F)C(F)(F)C(F)(F)F. The molecule has 0 spiro atoms. The van der Waals surface area contributed by atoms with E-state index in [0.29, 0.717) is 0 Å². The van der Waals surface area contributed by atoms with Crippen molar-refractivity contribution in [1.82, 2.24) is 0 Å². The Morgan fingerprint density at radius 1 is 0.722 bits per heavy atom. The van der Waals surface area contributed by atoms with Crippen molar-refractivity contribution in [3.05, 3.63) is 0 Å². The van der Waals surface area contributed by atoms with Crippen molar-refractivity contribution in [3.8, 4) is 0 Å². The van der Waals surface area contributed by atoms with Gasteiger partial charge in [0.1, 0.15) is 5.75 Å². The van der Waals surface area contributed by atoms with Gasteiger partial charge >= 0.3 is 34.2 Å². The maximum atomic E-state index is 12.4. The van der Waals surface area contributed by atoms with Crippen LogP contribution in [-0.4, -0.2) is 38.1 Å². The molecule has 0 aliphatic carbocycles. The average Bonchev–Trinajstić information content (AvgIpc) is 1.95. The monoisotopic (exact) mass is 316 g/mol. The highest BCUT2D eigenvalue weighted by molar-refractivity contribution is 7.86. The van der Waals surface area contributed by atoms with Gasteiger partial charge in [-0.25, -0.2) is 0 Å². The first-order chi connectivity index (χ1) is 7.46. The number of hydrogen-bond acceptors (Lipinski definition) is 2. The van der Waals surface area contributed by atoms with Gasteiger partial charge in [0.05, 0.1) is 0 Å². The van der Waals surface area contributed by atoms with Crippen LogP contribution in [-0.2, 0) is 10.2 Å². The molecule has 2 nitrogen and oxygen atoms in total. The van der Waals surface area contributed by atoms with Crippen LogP contribution in [0.5, 0.6) is 0 Å². The molecule has 0 unspecified atom stereocenters. The van der Waals surface area contributed by atoms with Crippen molar-refractivity contribution in [3.63, 3.8) is 0 Å². The molecule has 110 valence electrons. The molecule has 0 bridgehead atoms. The largest absolute Gasteiger partial charge is 0.460 e. The highest BCUT2D eigenvalue weighted by Gasteiger charge is 2.82. The Balaban J connectivity index is 5.64. The molecule has 18 heavy (non-hydrogen) atoms. The van der Waals surface area contributed by atoms with Crippen molar-refractivity contribution < 1.29 is 51.8 Å². The zero-order valence-electron chi connectivity index (χ0n) is 7.71. The molecule has 0 aliphatic rings. The van der Waals surface area contributed by atoms with Crippen LogP contribution in [0.25, 0.3) is 0 Å². The highest BCUT2D eigenvalue weighted by Crippen LogP contribution is 2.53. The topological polar surface area (TPSA) is 34.1 Å². The van der Waals surface area contributed by atoms with Crippen molar-refractivity contribution in [2.24, 2.45) is 0 Å². The van der Waals surface area contributed by atoms with Crippen molar-refractivity contribution >= 4 is 10.2 Å². The molecule has 0 radical (unpaired) electrons. The summed E-state index contributed by atoms with van der Waals surface area (Å²) in [5.41, 5.74) is 0. The lowest BCUT2D eigenvalue weighted by atomic mass is 10.1. The van der Waals surface area contributed by atoms with Gasteiger partial charge in [0.15, 0.2) is 0 Å². The van der Waals surface area contributed by atoms with Crippen LogP contribution in [0.2, 0.25) is 0 Å². The minimum Gasteiger partial charge on any atom is -0.198 e. The van der Waals surface area contributed by atoms with Crippen LogP contribution >= 0.6 is 0 Å². The summed E-state index contributed by atoms with van der Waals surface area (Å²) in [6, 6.07) is 0. The molecule has 0 heterocycles.